The minimum absolute atomic E-state index is 0.223. The van der Waals surface area contributed by atoms with Gasteiger partial charge in [-0.05, 0) is 63.4 Å². The number of benzene rings is 2. The standard InChI is InChI=1S/C32H40N6O5/c1-20-6-4-5-7-25(20)37-12-14-38(15-13-37)26-11-10-22(29(39)34-18-28-27(17-33)42-32(2,3)43-28)16-23(26)35-30(40)24-19-41-31(36-24)21-8-9-21/h4-7,10-11,16,19,21,27-28H,8-9,12-15,17-18,33H2,1-3H3,(H,34,39)(H,35,40)/t27-,28-/m0/s1. The number of hydrogen-bond acceptors (Lipinski definition) is 9. The summed E-state index contributed by atoms with van der Waals surface area (Å²) in [4.78, 5) is 35.6. The number of nitrogens with one attached hydrogen (secondary N) is 2. The van der Waals surface area contributed by atoms with Crippen LogP contribution in [0.25, 0.3) is 0 Å². The number of rotatable bonds is 9. The normalized spacial score (nSPS) is 21.6. The number of ether oxygens (including phenoxy) is 2. The molecule has 3 fully saturated rings. The Labute approximate surface area is 251 Å². The number of para-hydroxylation sites is 1. The number of nitrogens with two attached hydrogens (primary N) is 1. The van der Waals surface area contributed by atoms with E-state index in [4.69, 9.17) is 19.6 Å². The molecule has 11 heteroatoms. The molecular formula is C32H40N6O5. The first-order valence-corrected chi connectivity index (χ1v) is 15.0. The van der Waals surface area contributed by atoms with Gasteiger partial charge in [-0.3, -0.25) is 9.59 Å². The lowest BCUT2D eigenvalue weighted by Gasteiger charge is -2.38. The summed E-state index contributed by atoms with van der Waals surface area (Å²) in [5, 5.41) is 5.96. The molecule has 3 heterocycles. The first-order valence-electron chi connectivity index (χ1n) is 15.0. The van der Waals surface area contributed by atoms with Crippen LogP contribution in [0.1, 0.15) is 64.9 Å². The number of anilines is 3. The van der Waals surface area contributed by atoms with E-state index in [2.05, 4.69) is 56.6 Å². The molecule has 43 heavy (non-hydrogen) atoms. The Morgan fingerprint density at radius 1 is 0.977 bits per heavy atom. The largest absolute Gasteiger partial charge is 0.448 e. The molecular weight excluding hydrogens is 548 g/mol. The molecule has 2 saturated heterocycles. The molecule has 1 aliphatic carbocycles. The van der Waals surface area contributed by atoms with Crippen LogP contribution in [0.5, 0.6) is 0 Å². The first kappa shape index (κ1) is 29.2. The number of carbonyl (C=O) groups is 2. The third kappa shape index (κ3) is 6.53. The van der Waals surface area contributed by atoms with Gasteiger partial charge in [-0.1, -0.05) is 18.2 Å². The number of hydrogen-bond donors (Lipinski definition) is 3. The molecule has 0 bridgehead atoms. The molecule has 2 aliphatic heterocycles. The van der Waals surface area contributed by atoms with Gasteiger partial charge in [0.05, 0.1) is 11.4 Å². The van der Waals surface area contributed by atoms with E-state index in [9.17, 15) is 9.59 Å². The number of aromatic nitrogens is 1. The zero-order valence-corrected chi connectivity index (χ0v) is 25.0. The van der Waals surface area contributed by atoms with E-state index in [1.807, 2.05) is 19.9 Å². The summed E-state index contributed by atoms with van der Waals surface area (Å²) < 4.78 is 17.3. The van der Waals surface area contributed by atoms with E-state index in [1.54, 1.807) is 12.1 Å². The molecule has 3 aliphatic rings. The number of carbonyl (C=O) groups excluding carboxylic acids is 2. The number of nitrogens with zero attached hydrogens (tertiary/aromatic N) is 3. The smallest absolute Gasteiger partial charge is 0.277 e. The topological polar surface area (TPSA) is 135 Å². The van der Waals surface area contributed by atoms with E-state index in [0.29, 0.717) is 23.1 Å². The van der Waals surface area contributed by atoms with Crippen molar-refractivity contribution >= 4 is 28.9 Å². The second-order valence-corrected chi connectivity index (χ2v) is 12.0. The summed E-state index contributed by atoms with van der Waals surface area (Å²) in [5.41, 5.74) is 10.4. The van der Waals surface area contributed by atoms with Gasteiger partial charge in [0.1, 0.15) is 18.5 Å². The average molecular weight is 589 g/mol. The van der Waals surface area contributed by atoms with Gasteiger partial charge in [-0.25, -0.2) is 4.98 Å². The van der Waals surface area contributed by atoms with E-state index in [0.717, 1.165) is 44.7 Å². The summed E-state index contributed by atoms with van der Waals surface area (Å²) in [6.07, 6.45) is 2.78. The maximum absolute atomic E-state index is 13.3. The lowest BCUT2D eigenvalue weighted by molar-refractivity contribution is -0.145. The molecule has 228 valence electrons. The Kier molecular flexibility index (Phi) is 8.13. The molecule has 1 saturated carbocycles. The molecule has 2 atom stereocenters. The molecule has 1 aromatic heterocycles. The molecule has 0 unspecified atom stereocenters. The summed E-state index contributed by atoms with van der Waals surface area (Å²) in [7, 11) is 0. The van der Waals surface area contributed by atoms with Crippen LogP contribution in [-0.2, 0) is 9.47 Å². The van der Waals surface area contributed by atoms with E-state index >= 15 is 0 Å². The first-order chi connectivity index (χ1) is 20.7. The fourth-order valence-electron chi connectivity index (χ4n) is 5.83. The summed E-state index contributed by atoms with van der Waals surface area (Å²) in [6.45, 7) is 9.49. The van der Waals surface area contributed by atoms with Crippen molar-refractivity contribution in [3.8, 4) is 0 Å². The predicted molar refractivity (Wildman–Crippen MR) is 164 cm³/mol. The van der Waals surface area contributed by atoms with Crippen LogP contribution in [0, 0.1) is 6.92 Å². The second kappa shape index (κ2) is 12.0. The lowest BCUT2D eigenvalue weighted by atomic mass is 10.1. The van der Waals surface area contributed by atoms with Crippen molar-refractivity contribution in [3.05, 3.63) is 71.4 Å². The van der Waals surface area contributed by atoms with Gasteiger partial charge in [0.15, 0.2) is 17.4 Å². The van der Waals surface area contributed by atoms with Gasteiger partial charge in [0.2, 0.25) is 0 Å². The summed E-state index contributed by atoms with van der Waals surface area (Å²) in [5.74, 6) is -0.525. The van der Waals surface area contributed by atoms with Gasteiger partial charge in [0, 0.05) is 56.4 Å². The highest BCUT2D eigenvalue weighted by molar-refractivity contribution is 6.06. The van der Waals surface area contributed by atoms with Gasteiger partial charge >= 0.3 is 0 Å². The van der Waals surface area contributed by atoms with Crippen LogP contribution in [0.3, 0.4) is 0 Å². The molecule has 4 N–H and O–H groups in total. The third-order valence-corrected chi connectivity index (χ3v) is 8.25. The molecule has 6 rings (SSSR count). The van der Waals surface area contributed by atoms with E-state index < -0.39 is 5.79 Å². The Hall–Kier alpha value is -3.93. The minimum Gasteiger partial charge on any atom is -0.448 e. The van der Waals surface area contributed by atoms with Crippen molar-refractivity contribution in [2.75, 3.05) is 54.4 Å². The molecule has 2 amide bonds. The number of oxazole rings is 1. The number of amides is 2. The van der Waals surface area contributed by atoms with Gasteiger partial charge in [-0.15, -0.1) is 0 Å². The molecule has 11 nitrogen and oxygen atoms in total. The zero-order valence-electron chi connectivity index (χ0n) is 25.0. The van der Waals surface area contributed by atoms with Gasteiger partial charge < -0.3 is 40.1 Å². The van der Waals surface area contributed by atoms with Crippen molar-refractivity contribution in [1.29, 1.82) is 0 Å². The van der Waals surface area contributed by atoms with Crippen LogP contribution in [0.15, 0.2) is 53.1 Å². The number of piperazine rings is 1. The lowest BCUT2D eigenvalue weighted by Crippen LogP contribution is -2.47. The maximum Gasteiger partial charge on any atom is 0.277 e. The van der Waals surface area contributed by atoms with Crippen molar-refractivity contribution in [1.82, 2.24) is 10.3 Å². The summed E-state index contributed by atoms with van der Waals surface area (Å²) >= 11 is 0. The van der Waals surface area contributed by atoms with Gasteiger partial charge in [-0.2, -0.15) is 0 Å². The highest BCUT2D eigenvalue weighted by atomic mass is 16.8. The van der Waals surface area contributed by atoms with Crippen LogP contribution >= 0.6 is 0 Å². The Bertz CT molecular complexity index is 1480. The van der Waals surface area contributed by atoms with Crippen molar-refractivity contribution in [2.45, 2.75) is 57.5 Å². The van der Waals surface area contributed by atoms with Crippen LogP contribution < -0.4 is 26.2 Å². The van der Waals surface area contributed by atoms with Crippen LogP contribution in [0.2, 0.25) is 0 Å². The van der Waals surface area contributed by atoms with Crippen LogP contribution in [0.4, 0.5) is 17.1 Å². The average Bonchev–Trinajstić information content (AvgIpc) is 3.64. The Balaban J connectivity index is 1.19. The molecule has 0 radical (unpaired) electrons. The van der Waals surface area contributed by atoms with Crippen molar-refractivity contribution < 1.29 is 23.5 Å². The molecule has 2 aromatic carbocycles. The Morgan fingerprint density at radius 3 is 2.37 bits per heavy atom. The summed E-state index contributed by atoms with van der Waals surface area (Å²) in [6, 6.07) is 13.8. The SMILES string of the molecule is Cc1ccccc1N1CCN(c2ccc(C(=O)NC[C@@H]3OC(C)(C)O[C@H]3CN)cc2NC(=O)c2coc(C3CC3)n2)CC1. The molecule has 0 spiro atoms. The van der Waals surface area contributed by atoms with Crippen molar-refractivity contribution in [3.63, 3.8) is 0 Å². The highest BCUT2D eigenvalue weighted by Crippen LogP contribution is 2.39. The maximum atomic E-state index is 13.3. The predicted octanol–water partition coefficient (Wildman–Crippen LogP) is 3.65. The third-order valence-electron chi connectivity index (χ3n) is 8.25. The fraction of sp³-hybridized carbons (Fsp3) is 0.469. The highest BCUT2D eigenvalue weighted by Gasteiger charge is 2.40. The van der Waals surface area contributed by atoms with Gasteiger partial charge in [0.25, 0.3) is 11.8 Å². The van der Waals surface area contributed by atoms with E-state index in [-0.39, 0.29) is 42.8 Å². The van der Waals surface area contributed by atoms with E-state index in [1.165, 1.54) is 17.5 Å². The Morgan fingerprint density at radius 2 is 1.67 bits per heavy atom. The van der Waals surface area contributed by atoms with Crippen LogP contribution in [-0.4, -0.2) is 74.1 Å². The van der Waals surface area contributed by atoms with Crippen molar-refractivity contribution in [2.24, 2.45) is 5.73 Å². The quantitative estimate of drug-likeness (QED) is 0.342. The monoisotopic (exact) mass is 588 g/mol. The fourth-order valence-corrected chi connectivity index (χ4v) is 5.83. The zero-order chi connectivity index (χ0) is 30.1. The number of aryl methyl sites for hydroxylation is 1. The second-order valence-electron chi connectivity index (χ2n) is 12.0. The molecule has 3 aromatic rings. The minimum atomic E-state index is -0.762.